The second-order valence-corrected chi connectivity index (χ2v) is 15.1. The molecule has 286 valence electrons. The Bertz CT molecular complexity index is 1790. The van der Waals surface area contributed by atoms with Crippen LogP contribution in [0.2, 0.25) is 0 Å². The highest BCUT2D eigenvalue weighted by atomic mass is 19.1. The molecule has 0 spiro atoms. The molecule has 4 N–H and O–H groups in total. The van der Waals surface area contributed by atoms with Crippen LogP contribution in [0.15, 0.2) is 41.1 Å². The van der Waals surface area contributed by atoms with Crippen LogP contribution in [0.5, 0.6) is 5.88 Å². The van der Waals surface area contributed by atoms with E-state index < -0.39 is 47.5 Å². The fourth-order valence-electron chi connectivity index (χ4n) is 7.47. The van der Waals surface area contributed by atoms with Crippen LogP contribution in [0.4, 0.5) is 10.1 Å². The zero-order chi connectivity index (χ0) is 38.0. The van der Waals surface area contributed by atoms with Crippen molar-refractivity contribution in [2.45, 2.75) is 90.4 Å². The molecule has 6 rings (SSSR count). The molecule has 4 amide bonds. The third-order valence-electron chi connectivity index (χ3n) is 11.1. The maximum absolute atomic E-state index is 16.0. The van der Waals surface area contributed by atoms with Gasteiger partial charge in [-0.25, -0.2) is 4.39 Å². The molecule has 1 aliphatic heterocycles. The molecule has 3 aromatic rings. The highest BCUT2D eigenvalue weighted by Crippen LogP contribution is 2.51. The van der Waals surface area contributed by atoms with E-state index in [1.165, 1.54) is 18.2 Å². The molecule has 2 aromatic heterocycles. The van der Waals surface area contributed by atoms with Crippen LogP contribution in [0, 0.1) is 29.5 Å². The van der Waals surface area contributed by atoms with Crippen LogP contribution in [0.1, 0.15) is 81.1 Å². The Morgan fingerprint density at radius 3 is 2.32 bits per heavy atom. The van der Waals surface area contributed by atoms with E-state index in [9.17, 15) is 24.3 Å². The number of likely N-dealkylation sites (N-methyl/N-ethyl adjacent to an activating group) is 1. The van der Waals surface area contributed by atoms with Crippen molar-refractivity contribution in [2.24, 2.45) is 23.7 Å². The number of nitrogens with one attached hydrogen (secondary N) is 3. The Morgan fingerprint density at radius 2 is 1.72 bits per heavy atom. The average Bonchev–Trinajstić information content (AvgIpc) is 4.07. The lowest BCUT2D eigenvalue weighted by Crippen LogP contribution is -2.58. The lowest BCUT2D eigenvalue weighted by Gasteiger charge is -2.40. The number of carbonyl (C=O) groups is 4. The van der Waals surface area contributed by atoms with Crippen molar-refractivity contribution in [3.05, 3.63) is 59.4 Å². The molecule has 53 heavy (non-hydrogen) atoms. The number of rotatable bonds is 15. The minimum atomic E-state index is -1.02. The Labute approximate surface area is 308 Å². The van der Waals surface area contributed by atoms with Gasteiger partial charge in [0.05, 0.1) is 5.69 Å². The number of amides is 4. The van der Waals surface area contributed by atoms with E-state index in [4.69, 9.17) is 4.52 Å². The van der Waals surface area contributed by atoms with Crippen molar-refractivity contribution >= 4 is 29.3 Å². The number of aryl methyl sites for hydroxylation is 1. The van der Waals surface area contributed by atoms with Crippen LogP contribution in [-0.2, 0) is 27.3 Å². The summed E-state index contributed by atoms with van der Waals surface area (Å²) in [5.74, 6) is -2.92. The van der Waals surface area contributed by atoms with Gasteiger partial charge < -0.3 is 35.4 Å². The Hall–Kier alpha value is -4.79. The summed E-state index contributed by atoms with van der Waals surface area (Å²) in [5.41, 5.74) is 0.771. The summed E-state index contributed by atoms with van der Waals surface area (Å²) >= 11 is 0. The second-order valence-electron chi connectivity index (χ2n) is 15.1. The maximum Gasteiger partial charge on any atom is 0.270 e. The van der Waals surface area contributed by atoms with Gasteiger partial charge in [-0.3, -0.25) is 23.9 Å². The van der Waals surface area contributed by atoms with Crippen molar-refractivity contribution in [1.29, 1.82) is 0 Å². The maximum atomic E-state index is 16.0. The lowest BCUT2D eigenvalue weighted by atomic mass is 9.88. The molecule has 0 bridgehead atoms. The highest BCUT2D eigenvalue weighted by Gasteiger charge is 2.48. The van der Waals surface area contributed by atoms with Crippen LogP contribution in [-0.4, -0.2) is 98.3 Å². The fourth-order valence-corrected chi connectivity index (χ4v) is 7.47. The quantitative estimate of drug-likeness (QED) is 0.182. The number of aromatic hydroxyl groups is 1. The van der Waals surface area contributed by atoms with E-state index in [2.05, 4.69) is 31.1 Å². The highest BCUT2D eigenvalue weighted by molar-refractivity contribution is 6.01. The predicted molar refractivity (Wildman–Crippen MR) is 193 cm³/mol. The van der Waals surface area contributed by atoms with Gasteiger partial charge in [0.2, 0.25) is 17.7 Å². The monoisotopic (exact) mass is 734 g/mol. The van der Waals surface area contributed by atoms with Crippen molar-refractivity contribution < 1.29 is 33.2 Å². The normalized spacial score (nSPS) is 20.1. The molecule has 15 heteroatoms. The molecular weight excluding hydrogens is 683 g/mol. The van der Waals surface area contributed by atoms with Gasteiger partial charge in [-0.1, -0.05) is 19.9 Å². The molecule has 0 unspecified atom stereocenters. The zero-order valence-corrected chi connectivity index (χ0v) is 31.0. The molecular formula is C38H51FN8O6. The van der Waals surface area contributed by atoms with Crippen LogP contribution < -0.4 is 16.0 Å². The SMILES string of the molecule is CCn1nccc1C(=O)N[C@H](C(=O)Nc1ccc([C@H](C)[C@@H](NC(=O)[C@H](C)Cc2cc(O)no2)C(=O)N2CCN(C)[C@H](C)C2)cc1F)C(C1CC1)C1CC1. The molecule has 3 heterocycles. The topological polar surface area (TPSA) is 175 Å². The number of anilines is 1. The first-order chi connectivity index (χ1) is 25.3. The molecule has 3 fully saturated rings. The van der Waals surface area contributed by atoms with E-state index in [1.807, 2.05) is 20.9 Å². The first-order valence-corrected chi connectivity index (χ1v) is 18.7. The van der Waals surface area contributed by atoms with Gasteiger partial charge in [-0.05, 0) is 93.3 Å². The van der Waals surface area contributed by atoms with Gasteiger partial charge in [0, 0.05) is 62.7 Å². The van der Waals surface area contributed by atoms with E-state index >= 15 is 4.39 Å². The molecule has 5 atom stereocenters. The smallest absolute Gasteiger partial charge is 0.270 e. The third-order valence-corrected chi connectivity index (χ3v) is 11.1. The zero-order valence-electron chi connectivity index (χ0n) is 31.0. The van der Waals surface area contributed by atoms with Gasteiger partial charge in [-0.15, -0.1) is 0 Å². The number of halogens is 1. The fraction of sp³-hybridized carbons (Fsp3) is 0.579. The number of piperazine rings is 1. The van der Waals surface area contributed by atoms with Crippen molar-refractivity contribution in [1.82, 2.24) is 35.4 Å². The average molecular weight is 735 g/mol. The Kier molecular flexibility index (Phi) is 11.5. The first kappa shape index (κ1) is 38.0. The van der Waals surface area contributed by atoms with Crippen molar-refractivity contribution in [3.8, 4) is 5.88 Å². The number of carbonyl (C=O) groups excluding carboxylic acids is 4. The van der Waals surface area contributed by atoms with E-state index in [0.717, 1.165) is 25.7 Å². The van der Waals surface area contributed by atoms with Crippen LogP contribution >= 0.6 is 0 Å². The summed E-state index contributed by atoms with van der Waals surface area (Å²) in [4.78, 5) is 58.8. The minimum Gasteiger partial charge on any atom is -0.491 e. The first-order valence-electron chi connectivity index (χ1n) is 18.7. The van der Waals surface area contributed by atoms with Crippen LogP contribution in [0.3, 0.4) is 0 Å². The number of hydrogen-bond donors (Lipinski definition) is 4. The van der Waals surface area contributed by atoms with E-state index in [-0.39, 0.29) is 35.9 Å². The summed E-state index contributed by atoms with van der Waals surface area (Å²) in [6.07, 6.45) is 5.64. The lowest BCUT2D eigenvalue weighted by molar-refractivity contribution is -0.140. The standard InChI is InChI=1S/C38H51FN8O6/c1-6-47-30(13-14-40-47)36(50)43-34(32(24-7-8-24)25-9-10-25)37(51)41-29-12-11-26(18-28(29)39)23(4)33(38(52)46-16-15-45(5)22(3)20-46)42-35(49)21(2)17-27-19-31(48)44-53-27/h11-14,18-19,21-25,32-34H,6-10,15-17,20H2,1-5H3,(H,41,51)(H,42,49)(H,43,50)(H,44,48)/t21-,22-,23+,33-,34+/m1/s1. The molecule has 14 nitrogen and oxygen atoms in total. The summed E-state index contributed by atoms with van der Waals surface area (Å²) in [6, 6.07) is 5.59. The molecule has 1 saturated heterocycles. The molecule has 1 aromatic carbocycles. The number of nitrogens with zero attached hydrogens (tertiary/aromatic N) is 5. The van der Waals surface area contributed by atoms with Gasteiger partial charge in [0.15, 0.2) is 0 Å². The third kappa shape index (κ3) is 8.89. The molecule has 0 radical (unpaired) electrons. The second kappa shape index (κ2) is 16.1. The Morgan fingerprint density at radius 1 is 1.00 bits per heavy atom. The molecule has 2 aliphatic carbocycles. The van der Waals surface area contributed by atoms with E-state index in [1.54, 1.807) is 41.8 Å². The summed E-state index contributed by atoms with van der Waals surface area (Å²) in [6.45, 7) is 9.47. The van der Waals surface area contributed by atoms with Crippen LogP contribution in [0.25, 0.3) is 0 Å². The Balaban J connectivity index is 1.20. The number of benzene rings is 1. The number of hydrogen-bond acceptors (Lipinski definition) is 9. The predicted octanol–water partition coefficient (Wildman–Crippen LogP) is 3.54. The van der Waals surface area contributed by atoms with Gasteiger partial charge in [0.25, 0.3) is 11.8 Å². The van der Waals surface area contributed by atoms with Crippen molar-refractivity contribution in [3.63, 3.8) is 0 Å². The van der Waals surface area contributed by atoms with Crippen molar-refractivity contribution in [2.75, 3.05) is 32.0 Å². The van der Waals surface area contributed by atoms with Gasteiger partial charge in [-0.2, -0.15) is 5.10 Å². The number of aromatic nitrogens is 3. The van der Waals surface area contributed by atoms with Gasteiger partial charge >= 0.3 is 0 Å². The summed E-state index contributed by atoms with van der Waals surface area (Å²) < 4.78 is 22.6. The minimum absolute atomic E-state index is 0.0436. The largest absolute Gasteiger partial charge is 0.491 e. The van der Waals surface area contributed by atoms with Gasteiger partial charge in [0.1, 0.15) is 29.4 Å². The molecule has 3 aliphatic rings. The van der Waals surface area contributed by atoms with E-state index in [0.29, 0.717) is 55.0 Å². The molecule has 2 saturated carbocycles. The summed E-state index contributed by atoms with van der Waals surface area (Å²) in [7, 11) is 2.00. The summed E-state index contributed by atoms with van der Waals surface area (Å²) in [5, 5.41) is 25.9.